The van der Waals surface area contributed by atoms with E-state index in [4.69, 9.17) is 19.4 Å². The summed E-state index contributed by atoms with van der Waals surface area (Å²) in [5, 5.41) is 0. The number of pyridine rings is 1. The molecule has 0 N–H and O–H groups in total. The van der Waals surface area contributed by atoms with Gasteiger partial charge in [0.2, 0.25) is 0 Å². The molecular formula is C20H14Cl2NRu-. The summed E-state index contributed by atoms with van der Waals surface area (Å²) in [4.78, 5) is 3.66. The van der Waals surface area contributed by atoms with Crippen molar-refractivity contribution in [2.75, 3.05) is 0 Å². The molecule has 0 aliphatic heterocycles. The number of nitrogens with zero attached hydrogens (tertiary/aromatic N) is 1. The van der Waals surface area contributed by atoms with Crippen LogP contribution in [-0.2, 0) is 13.5 Å². The molecule has 0 saturated heterocycles. The van der Waals surface area contributed by atoms with E-state index >= 15 is 0 Å². The summed E-state index contributed by atoms with van der Waals surface area (Å²) in [7, 11) is 12.4. The molecule has 1 aliphatic carbocycles. The van der Waals surface area contributed by atoms with Gasteiger partial charge in [0.05, 0.1) is 0 Å². The van der Waals surface area contributed by atoms with Gasteiger partial charge in [-0.15, -0.1) is 0 Å². The fourth-order valence-corrected chi connectivity index (χ4v) is 4.93. The minimum atomic E-state index is -1.88. The van der Waals surface area contributed by atoms with E-state index in [1.807, 2.05) is 36.4 Å². The van der Waals surface area contributed by atoms with E-state index in [0.29, 0.717) is 0 Å². The van der Waals surface area contributed by atoms with Gasteiger partial charge in [0.25, 0.3) is 0 Å². The number of hydrogen-bond acceptors (Lipinski definition) is 1. The Balaban J connectivity index is 0.000000238. The van der Waals surface area contributed by atoms with E-state index in [9.17, 15) is 0 Å². The zero-order valence-electron chi connectivity index (χ0n) is 12.6. The third-order valence-corrected chi connectivity index (χ3v) is 6.61. The zero-order chi connectivity index (χ0) is 16.8. The van der Waals surface area contributed by atoms with E-state index < -0.39 is 13.5 Å². The second-order valence-corrected chi connectivity index (χ2v) is 10.8. The largest absolute Gasteiger partial charge is 0.394 e. The van der Waals surface area contributed by atoms with Gasteiger partial charge < -0.3 is 4.98 Å². The molecule has 4 heteroatoms. The van der Waals surface area contributed by atoms with Crippen LogP contribution in [0.3, 0.4) is 0 Å². The van der Waals surface area contributed by atoms with Crippen LogP contribution < -0.4 is 0 Å². The third-order valence-electron chi connectivity index (χ3n) is 3.48. The van der Waals surface area contributed by atoms with Crippen molar-refractivity contribution in [3.05, 3.63) is 108 Å². The Hall–Kier alpha value is -1.60. The van der Waals surface area contributed by atoms with Crippen LogP contribution in [0.15, 0.2) is 85.1 Å². The Bertz CT molecular complexity index is 844. The fourth-order valence-electron chi connectivity index (χ4n) is 2.44. The van der Waals surface area contributed by atoms with Crippen LogP contribution in [0.5, 0.6) is 0 Å². The Labute approximate surface area is 155 Å². The van der Waals surface area contributed by atoms with Crippen molar-refractivity contribution >= 4 is 29.1 Å². The summed E-state index contributed by atoms with van der Waals surface area (Å²) in [6.07, 6.45) is 6.49. The number of halogens is 2. The molecule has 1 nitrogen and oxygen atoms in total. The fraction of sp³-hybridized carbons (Fsp3) is 0. The molecule has 2 aromatic carbocycles. The molecule has 1 aromatic heterocycles. The molecule has 0 atom stereocenters. The van der Waals surface area contributed by atoms with Gasteiger partial charge in [-0.25, -0.2) is 0 Å². The van der Waals surface area contributed by atoms with Crippen molar-refractivity contribution in [3.63, 3.8) is 0 Å². The predicted octanol–water partition coefficient (Wildman–Crippen LogP) is 5.46. The van der Waals surface area contributed by atoms with Gasteiger partial charge in [0.1, 0.15) is 0 Å². The smallest absolute Gasteiger partial charge is 0.0813 e. The number of fused-ring (bicyclic) bond motifs is 1. The third kappa shape index (κ3) is 4.08. The molecule has 0 unspecified atom stereocenters. The number of benzene rings is 2. The van der Waals surface area contributed by atoms with Gasteiger partial charge >= 0.3 is 120 Å². The summed E-state index contributed by atoms with van der Waals surface area (Å²) in [6.45, 7) is 0. The normalized spacial score (nSPS) is 12.7. The molecule has 1 aliphatic rings. The molecule has 0 spiro atoms. The maximum atomic E-state index is 6.19. The number of hydrogen-bond donors (Lipinski definition) is 0. The molecule has 0 radical (unpaired) electrons. The maximum Gasteiger partial charge on any atom is -0.0813 e. The summed E-state index contributed by atoms with van der Waals surface area (Å²) in [5.74, 6) is 0. The van der Waals surface area contributed by atoms with E-state index in [1.54, 1.807) is 12.3 Å². The van der Waals surface area contributed by atoms with Crippen LogP contribution in [0.2, 0.25) is 0 Å². The molecule has 1 heterocycles. The zero-order valence-corrected chi connectivity index (χ0v) is 15.9. The first-order chi connectivity index (χ1) is 11.8. The number of rotatable bonds is 1. The summed E-state index contributed by atoms with van der Waals surface area (Å²) < 4.78 is 1.12. The van der Waals surface area contributed by atoms with Crippen LogP contribution in [0.1, 0.15) is 16.7 Å². The van der Waals surface area contributed by atoms with Gasteiger partial charge in [-0.3, -0.25) is 0 Å². The molecule has 0 saturated carbocycles. The average Bonchev–Trinajstić information content (AvgIpc) is 3.04. The SMILES string of the molecule is [Cl][Ru]([Cl])=[C]1C=C(c2ccccc2)c2ccccc21.[c-]1ccccn1. The Morgan fingerprint density at radius 3 is 2.04 bits per heavy atom. The topological polar surface area (TPSA) is 12.9 Å². The van der Waals surface area contributed by atoms with Crippen molar-refractivity contribution in [1.29, 1.82) is 0 Å². The Morgan fingerprint density at radius 2 is 1.50 bits per heavy atom. The van der Waals surface area contributed by atoms with E-state index in [0.717, 1.165) is 4.11 Å². The second kappa shape index (κ2) is 8.49. The van der Waals surface area contributed by atoms with Crippen LogP contribution in [0.4, 0.5) is 0 Å². The van der Waals surface area contributed by atoms with Crippen molar-refractivity contribution in [3.8, 4) is 0 Å². The van der Waals surface area contributed by atoms with Crippen LogP contribution in [-0.4, -0.2) is 9.09 Å². The first-order valence-electron chi connectivity index (χ1n) is 7.28. The quantitative estimate of drug-likeness (QED) is 0.362. The minimum Gasteiger partial charge on any atom is -0.394 e. The van der Waals surface area contributed by atoms with Gasteiger partial charge in [-0.1, -0.05) is 12.4 Å². The summed E-state index contributed by atoms with van der Waals surface area (Å²) in [5.41, 5.74) is 4.86. The molecule has 0 amide bonds. The molecular weight excluding hydrogens is 426 g/mol. The van der Waals surface area contributed by atoms with Gasteiger partial charge in [0, 0.05) is 0 Å². The van der Waals surface area contributed by atoms with E-state index in [2.05, 4.69) is 47.6 Å². The second-order valence-electron chi connectivity index (χ2n) is 4.95. The summed E-state index contributed by atoms with van der Waals surface area (Å²) in [6, 6.07) is 24.2. The first-order valence-corrected chi connectivity index (χ1v) is 12.6. The van der Waals surface area contributed by atoms with Crippen molar-refractivity contribution in [2.24, 2.45) is 0 Å². The Morgan fingerprint density at radius 1 is 0.792 bits per heavy atom. The van der Waals surface area contributed by atoms with Crippen LogP contribution in [0.25, 0.3) is 5.57 Å². The van der Waals surface area contributed by atoms with E-state index in [-0.39, 0.29) is 0 Å². The molecule has 3 aromatic rings. The van der Waals surface area contributed by atoms with Crippen molar-refractivity contribution < 1.29 is 13.5 Å². The van der Waals surface area contributed by atoms with Gasteiger partial charge in [0.15, 0.2) is 0 Å². The monoisotopic (exact) mass is 440 g/mol. The standard InChI is InChI=1S/C15H10.C5H4N.2ClH.Ru/c1-2-6-12(7-3-1)15-11-10-13-8-4-5-9-14(13)15;1-2-4-6-5-3-1;;;/h1-9,11H;1-4H;2*1H;/q;-1;;;+2/p-2. The minimum absolute atomic E-state index is 1.12. The molecule has 24 heavy (non-hydrogen) atoms. The summed E-state index contributed by atoms with van der Waals surface area (Å²) >= 11 is -1.88. The average molecular weight is 440 g/mol. The van der Waals surface area contributed by atoms with Gasteiger partial charge in [-0.2, -0.15) is 18.2 Å². The van der Waals surface area contributed by atoms with Crippen LogP contribution >= 0.6 is 19.4 Å². The first kappa shape index (κ1) is 17.2. The molecule has 0 fully saturated rings. The maximum absolute atomic E-state index is 6.19. The predicted molar refractivity (Wildman–Crippen MR) is 98.9 cm³/mol. The van der Waals surface area contributed by atoms with E-state index in [1.165, 1.54) is 22.3 Å². The number of allylic oxidation sites excluding steroid dienone is 1. The van der Waals surface area contributed by atoms with Crippen molar-refractivity contribution in [2.45, 2.75) is 0 Å². The molecule has 0 bridgehead atoms. The molecule has 4 rings (SSSR count). The van der Waals surface area contributed by atoms with Gasteiger partial charge in [-0.05, 0) is 0 Å². The van der Waals surface area contributed by atoms with Crippen LogP contribution in [0, 0.1) is 6.20 Å². The molecule has 122 valence electrons. The number of aromatic nitrogens is 1. The van der Waals surface area contributed by atoms with Crippen molar-refractivity contribution in [1.82, 2.24) is 4.98 Å². The Kier molecular flexibility index (Phi) is 6.09.